The summed E-state index contributed by atoms with van der Waals surface area (Å²) in [6.07, 6.45) is 2.03. The minimum absolute atomic E-state index is 0.0272. The summed E-state index contributed by atoms with van der Waals surface area (Å²) >= 11 is 0. The molecule has 144 valence electrons. The largest absolute Gasteiger partial charge is 0.411 e. The maximum Gasteiger partial charge on any atom is 0.192 e. The average molecular weight is 384 g/mol. The van der Waals surface area contributed by atoms with Gasteiger partial charge in [-0.2, -0.15) is 5.10 Å². The van der Waals surface area contributed by atoms with Crippen molar-refractivity contribution in [2.75, 3.05) is 0 Å². The van der Waals surface area contributed by atoms with Gasteiger partial charge in [-0.1, -0.05) is 26.8 Å². The fraction of sp³-hybridized carbons (Fsp3) is 0.556. The molecule has 0 radical (unpaired) electrons. The van der Waals surface area contributed by atoms with Gasteiger partial charge in [0, 0.05) is 11.6 Å². The van der Waals surface area contributed by atoms with Crippen molar-refractivity contribution in [3.63, 3.8) is 0 Å². The van der Waals surface area contributed by atoms with E-state index < -0.39 is 31.7 Å². The van der Waals surface area contributed by atoms with Crippen molar-refractivity contribution in [2.24, 2.45) is 0 Å². The van der Waals surface area contributed by atoms with Crippen LogP contribution in [0.3, 0.4) is 0 Å². The molecule has 0 aliphatic rings. The smallest absolute Gasteiger partial charge is 0.192 e. The van der Waals surface area contributed by atoms with Gasteiger partial charge in [0.05, 0.1) is 12.6 Å². The first-order chi connectivity index (χ1) is 11.9. The molecule has 5 nitrogen and oxygen atoms in total. The summed E-state index contributed by atoms with van der Waals surface area (Å²) in [6, 6.07) is 3.15. The highest BCUT2D eigenvalue weighted by molar-refractivity contribution is 6.74. The van der Waals surface area contributed by atoms with Crippen molar-refractivity contribution in [1.29, 1.82) is 0 Å². The molecule has 1 aromatic heterocycles. The second-order valence-corrected chi connectivity index (χ2v) is 12.9. The number of aliphatic hydroxyl groups is 1. The van der Waals surface area contributed by atoms with E-state index in [0.717, 1.165) is 12.1 Å². The van der Waals surface area contributed by atoms with Gasteiger partial charge in [0.1, 0.15) is 29.9 Å². The van der Waals surface area contributed by atoms with E-state index in [2.05, 4.69) is 43.9 Å². The van der Waals surface area contributed by atoms with E-state index in [0.29, 0.717) is 0 Å². The fourth-order valence-electron chi connectivity index (χ4n) is 2.55. The summed E-state index contributed by atoms with van der Waals surface area (Å²) in [5, 5.41) is 15.4. The molecule has 1 heterocycles. The third-order valence-electron chi connectivity index (χ3n) is 5.22. The molecule has 0 spiro atoms. The van der Waals surface area contributed by atoms with Crippen LogP contribution in [0.5, 0.6) is 0 Å². The van der Waals surface area contributed by atoms with Gasteiger partial charge < -0.3 is 9.53 Å². The van der Waals surface area contributed by atoms with Crippen molar-refractivity contribution >= 4 is 8.32 Å². The molecule has 0 fully saturated rings. The molecule has 0 amide bonds. The Bertz CT molecular complexity index is 747. The third kappa shape index (κ3) is 4.19. The lowest BCUT2D eigenvalue weighted by atomic mass is 9.88. The topological polar surface area (TPSA) is 60.2 Å². The number of benzene rings is 1. The van der Waals surface area contributed by atoms with Gasteiger partial charge in [0.25, 0.3) is 0 Å². The number of nitrogens with zero attached hydrogens (tertiary/aromatic N) is 3. The number of halogens is 2. The van der Waals surface area contributed by atoms with E-state index in [1.807, 2.05) is 0 Å². The Morgan fingerprint density at radius 3 is 2.42 bits per heavy atom. The van der Waals surface area contributed by atoms with Gasteiger partial charge in [-0.3, -0.25) is 0 Å². The predicted octanol–water partition coefficient (Wildman–Crippen LogP) is 3.85. The summed E-state index contributed by atoms with van der Waals surface area (Å²) in [5.74, 6) is -1.52. The van der Waals surface area contributed by atoms with Crippen molar-refractivity contribution < 1.29 is 18.3 Å². The molecule has 2 aromatic rings. The van der Waals surface area contributed by atoms with E-state index >= 15 is 0 Å². The summed E-state index contributed by atoms with van der Waals surface area (Å²) < 4.78 is 35.6. The van der Waals surface area contributed by atoms with Crippen molar-refractivity contribution in [2.45, 2.75) is 64.1 Å². The van der Waals surface area contributed by atoms with Gasteiger partial charge in [0.2, 0.25) is 0 Å². The quantitative estimate of drug-likeness (QED) is 0.770. The number of hydrogen-bond donors (Lipinski definition) is 1. The molecular weight excluding hydrogens is 356 g/mol. The highest BCUT2D eigenvalue weighted by Gasteiger charge is 2.46. The highest BCUT2D eigenvalue weighted by Crippen LogP contribution is 2.40. The van der Waals surface area contributed by atoms with E-state index in [-0.39, 0.29) is 17.1 Å². The molecule has 2 rings (SSSR count). The van der Waals surface area contributed by atoms with Crippen LogP contribution in [0.1, 0.15) is 33.3 Å². The fourth-order valence-corrected chi connectivity index (χ4v) is 3.98. The van der Waals surface area contributed by atoms with Crippen LogP contribution in [0.25, 0.3) is 0 Å². The Morgan fingerprint density at radius 2 is 1.92 bits per heavy atom. The van der Waals surface area contributed by atoms with Crippen LogP contribution in [0.15, 0.2) is 30.9 Å². The maximum absolute atomic E-state index is 14.5. The van der Waals surface area contributed by atoms with Gasteiger partial charge in [-0.25, -0.2) is 18.4 Å². The highest BCUT2D eigenvalue weighted by atomic mass is 28.4. The number of aromatic nitrogens is 3. The molecule has 0 unspecified atom stereocenters. The summed E-state index contributed by atoms with van der Waals surface area (Å²) in [7, 11) is -2.24. The first kappa shape index (κ1) is 20.7. The molecule has 26 heavy (non-hydrogen) atoms. The lowest BCUT2D eigenvalue weighted by molar-refractivity contribution is -0.0810. The molecule has 0 aliphatic carbocycles. The van der Waals surface area contributed by atoms with Crippen LogP contribution >= 0.6 is 0 Å². The van der Waals surface area contributed by atoms with Gasteiger partial charge in [0.15, 0.2) is 8.32 Å². The van der Waals surface area contributed by atoms with E-state index in [1.165, 1.54) is 23.4 Å². The van der Waals surface area contributed by atoms with E-state index in [4.69, 9.17) is 4.43 Å². The molecule has 2 atom stereocenters. The van der Waals surface area contributed by atoms with Crippen LogP contribution in [0, 0.1) is 11.6 Å². The molecule has 8 heteroatoms. The third-order valence-corrected chi connectivity index (χ3v) is 9.77. The lowest BCUT2D eigenvalue weighted by Gasteiger charge is -2.43. The van der Waals surface area contributed by atoms with Crippen LogP contribution in [-0.2, 0) is 16.6 Å². The summed E-state index contributed by atoms with van der Waals surface area (Å²) in [4.78, 5) is 3.86. The molecule has 0 bridgehead atoms. The van der Waals surface area contributed by atoms with Crippen LogP contribution in [0.2, 0.25) is 18.1 Å². The Morgan fingerprint density at radius 1 is 1.27 bits per heavy atom. The predicted molar refractivity (Wildman–Crippen MR) is 98.0 cm³/mol. The Labute approximate surface area is 154 Å². The SMILES string of the molecule is C[C@@H](O[Si](C)(C)C(C)(C)C)[C@](O)(Cn1cncn1)c1ccc(F)cc1F. The number of rotatable bonds is 6. The van der Waals surface area contributed by atoms with Gasteiger partial charge in [-0.05, 0) is 31.1 Å². The molecule has 0 aliphatic heterocycles. The first-order valence-corrected chi connectivity index (χ1v) is 11.5. The van der Waals surface area contributed by atoms with Crippen LogP contribution < -0.4 is 0 Å². The zero-order chi connectivity index (χ0) is 19.8. The second kappa shape index (κ2) is 7.17. The lowest BCUT2D eigenvalue weighted by Crippen LogP contribution is -2.51. The molecular formula is C18H27F2N3O2Si. The molecule has 0 saturated carbocycles. The zero-order valence-electron chi connectivity index (χ0n) is 16.1. The minimum Gasteiger partial charge on any atom is -0.411 e. The summed E-state index contributed by atoms with van der Waals surface area (Å²) in [6.45, 7) is 12.0. The summed E-state index contributed by atoms with van der Waals surface area (Å²) in [5.41, 5.74) is -1.76. The normalized spacial score (nSPS) is 16.3. The Kier molecular flexibility index (Phi) is 5.70. The van der Waals surface area contributed by atoms with Crippen LogP contribution in [0.4, 0.5) is 8.78 Å². The zero-order valence-corrected chi connectivity index (χ0v) is 17.1. The minimum atomic E-state index is -2.24. The Balaban J connectivity index is 2.46. The van der Waals surface area contributed by atoms with E-state index in [9.17, 15) is 13.9 Å². The van der Waals surface area contributed by atoms with Crippen LogP contribution in [-0.4, -0.2) is 34.3 Å². The molecule has 0 saturated heterocycles. The Hall–Kier alpha value is -1.64. The molecule has 1 N–H and O–H groups in total. The monoisotopic (exact) mass is 383 g/mol. The second-order valence-electron chi connectivity index (χ2n) is 8.16. The molecule has 1 aromatic carbocycles. The van der Waals surface area contributed by atoms with Crippen molar-refractivity contribution in [3.05, 3.63) is 48.1 Å². The van der Waals surface area contributed by atoms with Crippen molar-refractivity contribution in [1.82, 2.24) is 14.8 Å². The average Bonchev–Trinajstić information content (AvgIpc) is 2.97. The van der Waals surface area contributed by atoms with Crippen molar-refractivity contribution in [3.8, 4) is 0 Å². The first-order valence-electron chi connectivity index (χ1n) is 8.55. The van der Waals surface area contributed by atoms with E-state index in [1.54, 1.807) is 6.92 Å². The number of hydrogen-bond acceptors (Lipinski definition) is 4. The maximum atomic E-state index is 14.5. The van der Waals surface area contributed by atoms with Gasteiger partial charge >= 0.3 is 0 Å². The standard InChI is InChI=1S/C18H27F2N3O2Si/c1-13(25-26(5,6)17(2,3)4)18(24,10-23-12-21-11-22-23)15-8-7-14(19)9-16(15)20/h7-9,11-13,24H,10H2,1-6H3/t13-,18-/m1/s1. The van der Waals surface area contributed by atoms with Gasteiger partial charge in [-0.15, -0.1) is 0 Å².